The summed E-state index contributed by atoms with van der Waals surface area (Å²) >= 11 is 0. The second kappa shape index (κ2) is 4.69. The molecule has 6 heteroatoms. The molecular formula is C10H16ClN3O2. The molecule has 1 saturated carbocycles. The van der Waals surface area contributed by atoms with Gasteiger partial charge in [0.2, 0.25) is 5.89 Å². The zero-order valence-corrected chi connectivity index (χ0v) is 9.74. The quantitative estimate of drug-likeness (QED) is 0.826. The van der Waals surface area contributed by atoms with Crippen molar-refractivity contribution in [3.05, 3.63) is 11.7 Å². The fourth-order valence-corrected chi connectivity index (χ4v) is 1.98. The molecular weight excluding hydrogens is 230 g/mol. The third kappa shape index (κ3) is 2.53. The smallest absolute Gasteiger partial charge is 0.243 e. The van der Waals surface area contributed by atoms with Gasteiger partial charge < -0.3 is 14.9 Å². The van der Waals surface area contributed by atoms with E-state index >= 15 is 0 Å². The number of aliphatic hydroxyl groups excluding tert-OH is 1. The van der Waals surface area contributed by atoms with Crippen molar-refractivity contribution in [3.63, 3.8) is 0 Å². The first-order valence-corrected chi connectivity index (χ1v) is 5.55. The van der Waals surface area contributed by atoms with Crippen LogP contribution >= 0.6 is 12.4 Å². The van der Waals surface area contributed by atoms with Gasteiger partial charge in [-0.3, -0.25) is 0 Å². The van der Waals surface area contributed by atoms with Crippen molar-refractivity contribution in [3.8, 4) is 0 Å². The summed E-state index contributed by atoms with van der Waals surface area (Å²) in [5, 5.41) is 16.5. The van der Waals surface area contributed by atoms with Crippen molar-refractivity contribution in [1.82, 2.24) is 15.5 Å². The van der Waals surface area contributed by atoms with Gasteiger partial charge in [-0.15, -0.1) is 12.4 Å². The summed E-state index contributed by atoms with van der Waals surface area (Å²) in [6.07, 6.45) is 3.92. The molecule has 1 aromatic rings. The van der Waals surface area contributed by atoms with E-state index in [0.717, 1.165) is 18.2 Å². The second-order valence-corrected chi connectivity index (χ2v) is 4.55. The van der Waals surface area contributed by atoms with Crippen molar-refractivity contribution in [2.45, 2.75) is 37.8 Å². The van der Waals surface area contributed by atoms with Crippen LogP contribution in [0.2, 0.25) is 0 Å². The van der Waals surface area contributed by atoms with Gasteiger partial charge in [-0.1, -0.05) is 5.16 Å². The maximum Gasteiger partial charge on any atom is 0.243 e. The predicted octanol–water partition coefficient (Wildman–Crippen LogP) is 0.839. The van der Waals surface area contributed by atoms with E-state index < -0.39 is 0 Å². The average Bonchev–Trinajstić information content (AvgIpc) is 2.74. The van der Waals surface area contributed by atoms with Crippen LogP contribution < -0.4 is 5.32 Å². The monoisotopic (exact) mass is 245 g/mol. The van der Waals surface area contributed by atoms with Gasteiger partial charge in [-0.05, 0) is 25.2 Å². The average molecular weight is 246 g/mol. The van der Waals surface area contributed by atoms with Gasteiger partial charge in [0, 0.05) is 13.0 Å². The molecule has 1 aliphatic heterocycles. The molecule has 0 unspecified atom stereocenters. The van der Waals surface area contributed by atoms with Crippen LogP contribution in [0.4, 0.5) is 0 Å². The molecule has 2 atom stereocenters. The van der Waals surface area contributed by atoms with Crippen LogP contribution in [0.25, 0.3) is 0 Å². The molecule has 0 amide bonds. The Morgan fingerprint density at radius 3 is 2.88 bits per heavy atom. The third-order valence-electron chi connectivity index (χ3n) is 3.06. The van der Waals surface area contributed by atoms with Crippen molar-refractivity contribution in [2.75, 3.05) is 6.54 Å². The first kappa shape index (κ1) is 11.8. The Morgan fingerprint density at radius 2 is 2.25 bits per heavy atom. The fraction of sp³-hybridized carbons (Fsp3) is 0.800. The summed E-state index contributed by atoms with van der Waals surface area (Å²) in [5.74, 6) is 2.22. The Morgan fingerprint density at radius 1 is 1.44 bits per heavy atom. The van der Waals surface area contributed by atoms with E-state index in [1.807, 2.05) is 0 Å². The highest BCUT2D eigenvalue weighted by molar-refractivity contribution is 5.85. The second-order valence-electron chi connectivity index (χ2n) is 4.55. The van der Waals surface area contributed by atoms with Crippen molar-refractivity contribution in [1.29, 1.82) is 0 Å². The molecule has 90 valence electrons. The highest BCUT2D eigenvalue weighted by atomic mass is 35.5. The minimum absolute atomic E-state index is 0. The van der Waals surface area contributed by atoms with E-state index in [-0.39, 0.29) is 24.6 Å². The molecule has 3 rings (SSSR count). The fourth-order valence-electron chi connectivity index (χ4n) is 1.98. The highest BCUT2D eigenvalue weighted by Gasteiger charge is 2.29. The number of hydrogen-bond acceptors (Lipinski definition) is 5. The summed E-state index contributed by atoms with van der Waals surface area (Å²) in [7, 11) is 0. The molecule has 1 saturated heterocycles. The predicted molar refractivity (Wildman–Crippen MR) is 59.3 cm³/mol. The minimum Gasteiger partial charge on any atom is -0.392 e. The summed E-state index contributed by atoms with van der Waals surface area (Å²) in [6.45, 7) is 0.616. The van der Waals surface area contributed by atoms with Crippen molar-refractivity contribution < 1.29 is 9.63 Å². The topological polar surface area (TPSA) is 71.2 Å². The van der Waals surface area contributed by atoms with Gasteiger partial charge in [0.25, 0.3) is 0 Å². The SMILES string of the molecule is Cl.O[C@H]1CN[C@@H](c2nc(CC3CC3)no2)C1. The number of hydrogen-bond donors (Lipinski definition) is 2. The molecule has 1 aliphatic carbocycles. The van der Waals surface area contributed by atoms with Gasteiger partial charge in [-0.25, -0.2) is 0 Å². The Balaban J connectivity index is 0.000000963. The molecule has 2 N–H and O–H groups in total. The molecule has 0 aromatic carbocycles. The van der Waals surface area contributed by atoms with Gasteiger partial charge in [0.15, 0.2) is 5.82 Å². The van der Waals surface area contributed by atoms with E-state index in [4.69, 9.17) is 4.52 Å². The molecule has 0 radical (unpaired) electrons. The van der Waals surface area contributed by atoms with Gasteiger partial charge >= 0.3 is 0 Å². The number of β-amino-alcohol motifs (C(OH)–C–C–N with tert-alkyl or cyclic N) is 1. The summed E-state index contributed by atoms with van der Waals surface area (Å²) in [5.41, 5.74) is 0. The van der Waals surface area contributed by atoms with Crippen molar-refractivity contribution in [2.24, 2.45) is 5.92 Å². The maximum absolute atomic E-state index is 9.37. The Hall–Kier alpha value is -0.650. The van der Waals surface area contributed by atoms with Crippen molar-refractivity contribution >= 4 is 12.4 Å². The lowest BCUT2D eigenvalue weighted by Gasteiger charge is -2.01. The van der Waals surface area contributed by atoms with E-state index in [1.165, 1.54) is 12.8 Å². The molecule has 5 nitrogen and oxygen atoms in total. The zero-order valence-electron chi connectivity index (χ0n) is 8.93. The standard InChI is InChI=1S/C10H15N3O2.ClH/c14-7-4-8(11-5-7)10-12-9(13-15-10)3-6-1-2-6;/h6-8,11,14H,1-5H2;1H/t7-,8-;/m1./s1. The Kier molecular flexibility index (Phi) is 3.47. The third-order valence-corrected chi connectivity index (χ3v) is 3.06. The lowest BCUT2D eigenvalue weighted by atomic mass is 10.2. The molecule has 0 bridgehead atoms. The van der Waals surface area contributed by atoms with Gasteiger partial charge in [0.05, 0.1) is 12.1 Å². The summed E-state index contributed by atoms with van der Waals surface area (Å²) in [4.78, 5) is 4.36. The van der Waals surface area contributed by atoms with Gasteiger partial charge in [0.1, 0.15) is 0 Å². The lowest BCUT2D eigenvalue weighted by molar-refractivity contribution is 0.191. The van der Waals surface area contributed by atoms with Crippen LogP contribution in [-0.2, 0) is 6.42 Å². The van der Waals surface area contributed by atoms with Crippen LogP contribution in [-0.4, -0.2) is 27.9 Å². The number of aromatic nitrogens is 2. The zero-order chi connectivity index (χ0) is 10.3. The van der Waals surface area contributed by atoms with Crippen LogP contribution in [0, 0.1) is 5.92 Å². The van der Waals surface area contributed by atoms with E-state index in [1.54, 1.807) is 0 Å². The first-order chi connectivity index (χ1) is 7.31. The normalized spacial score (nSPS) is 29.1. The number of halogens is 1. The van der Waals surface area contributed by atoms with Crippen LogP contribution in [0.3, 0.4) is 0 Å². The number of nitrogens with one attached hydrogen (secondary N) is 1. The lowest BCUT2D eigenvalue weighted by Crippen LogP contribution is -2.15. The first-order valence-electron chi connectivity index (χ1n) is 5.55. The molecule has 2 fully saturated rings. The molecule has 0 spiro atoms. The van der Waals surface area contributed by atoms with Crippen LogP contribution in [0.15, 0.2) is 4.52 Å². The van der Waals surface area contributed by atoms with E-state index in [9.17, 15) is 5.11 Å². The molecule has 2 heterocycles. The number of nitrogens with zero attached hydrogens (tertiary/aromatic N) is 2. The highest BCUT2D eigenvalue weighted by Crippen LogP contribution is 2.32. The van der Waals surface area contributed by atoms with E-state index in [2.05, 4.69) is 15.5 Å². The molecule has 16 heavy (non-hydrogen) atoms. The number of rotatable bonds is 3. The van der Waals surface area contributed by atoms with Crippen LogP contribution in [0.1, 0.15) is 37.0 Å². The summed E-state index contributed by atoms with van der Waals surface area (Å²) in [6, 6.07) is 0.0421. The van der Waals surface area contributed by atoms with Crippen LogP contribution in [0.5, 0.6) is 0 Å². The molecule has 1 aromatic heterocycles. The maximum atomic E-state index is 9.37. The van der Waals surface area contributed by atoms with Gasteiger partial charge in [-0.2, -0.15) is 4.98 Å². The largest absolute Gasteiger partial charge is 0.392 e. The number of aliphatic hydroxyl groups is 1. The molecule has 2 aliphatic rings. The van der Waals surface area contributed by atoms with E-state index in [0.29, 0.717) is 18.9 Å². The summed E-state index contributed by atoms with van der Waals surface area (Å²) < 4.78 is 5.19. The minimum atomic E-state index is -0.284. The Bertz CT molecular complexity index is 354. The Labute approximate surface area is 100 Å².